The summed E-state index contributed by atoms with van der Waals surface area (Å²) in [5, 5.41) is 5.29. The van der Waals surface area contributed by atoms with E-state index < -0.39 is 13.3 Å². The molecule has 1 fully saturated rings. The van der Waals surface area contributed by atoms with Crippen molar-refractivity contribution < 1.29 is 20.1 Å². The van der Waals surface area contributed by atoms with Crippen LogP contribution >= 0.6 is 0 Å². The zero-order valence-electron chi connectivity index (χ0n) is 31.0. The first-order chi connectivity index (χ1) is 24.8. The molecule has 0 bridgehead atoms. The van der Waals surface area contributed by atoms with Crippen LogP contribution in [0.25, 0.3) is 60.6 Å². The Bertz CT molecular complexity index is 2400. The fourth-order valence-electron chi connectivity index (χ4n) is 8.35. The van der Waals surface area contributed by atoms with Gasteiger partial charge in [0.25, 0.3) is 0 Å². The van der Waals surface area contributed by atoms with Crippen LogP contribution < -0.4 is 4.40 Å². The Hall–Kier alpha value is -3.83. The van der Waals surface area contributed by atoms with Crippen LogP contribution in [0.3, 0.4) is 0 Å². The van der Waals surface area contributed by atoms with E-state index in [-0.39, 0.29) is 20.1 Å². The molecular weight excluding hydrogens is 871 g/mol. The van der Waals surface area contributed by atoms with E-state index in [2.05, 4.69) is 113 Å². The van der Waals surface area contributed by atoms with Gasteiger partial charge in [0, 0.05) is 26.3 Å². The molecule has 0 amide bonds. The van der Waals surface area contributed by atoms with Gasteiger partial charge in [-0.25, -0.2) is 0 Å². The molecule has 1 aliphatic rings. The van der Waals surface area contributed by atoms with Crippen LogP contribution in [0.5, 0.6) is 0 Å². The Morgan fingerprint density at radius 1 is 0.750 bits per heavy atom. The van der Waals surface area contributed by atoms with E-state index in [1.165, 1.54) is 86.9 Å². The van der Waals surface area contributed by atoms with Crippen molar-refractivity contribution in [3.05, 3.63) is 133 Å². The molecule has 9 rings (SSSR count). The molecule has 1 saturated carbocycles. The second-order valence-electron chi connectivity index (χ2n) is 15.8. The van der Waals surface area contributed by atoms with Crippen LogP contribution in [-0.4, -0.2) is 27.6 Å². The molecular formula is C47H47GeIrN3-2. The fraction of sp³-hybridized carbons (Fsp3) is 0.277. The molecule has 1 radical (unpaired) electrons. The largest absolute Gasteiger partial charge is 0.305 e. The van der Waals surface area contributed by atoms with E-state index in [1.54, 1.807) is 10.6 Å². The summed E-state index contributed by atoms with van der Waals surface area (Å²) in [7, 11) is 0. The average Bonchev–Trinajstić information content (AvgIpc) is 3.67. The summed E-state index contributed by atoms with van der Waals surface area (Å²) in [6.07, 6.45) is 11.7. The van der Waals surface area contributed by atoms with Crippen molar-refractivity contribution in [2.45, 2.75) is 75.6 Å². The zero-order valence-corrected chi connectivity index (χ0v) is 35.5. The van der Waals surface area contributed by atoms with Crippen molar-refractivity contribution in [1.82, 2.24) is 14.4 Å². The van der Waals surface area contributed by atoms with Gasteiger partial charge in [-0.2, -0.15) is 0 Å². The molecule has 1 aliphatic carbocycles. The van der Waals surface area contributed by atoms with Gasteiger partial charge in [-0.3, -0.25) is 0 Å². The van der Waals surface area contributed by atoms with Crippen LogP contribution in [-0.2, 0) is 26.5 Å². The first-order valence-electron chi connectivity index (χ1n) is 18.8. The van der Waals surface area contributed by atoms with Crippen molar-refractivity contribution >= 4 is 55.8 Å². The summed E-state index contributed by atoms with van der Waals surface area (Å²) < 4.78 is 4.11. The molecule has 5 heteroatoms. The molecule has 4 heterocycles. The second-order valence-corrected chi connectivity index (χ2v) is 26.4. The Morgan fingerprint density at radius 3 is 2.23 bits per heavy atom. The summed E-state index contributed by atoms with van der Waals surface area (Å²) in [4.78, 5) is 9.36. The van der Waals surface area contributed by atoms with Gasteiger partial charge < -0.3 is 4.98 Å². The van der Waals surface area contributed by atoms with Crippen molar-refractivity contribution in [3.63, 3.8) is 0 Å². The van der Waals surface area contributed by atoms with Gasteiger partial charge in [0.1, 0.15) is 0 Å². The molecule has 0 aliphatic heterocycles. The number of hydrogen-bond acceptors (Lipinski definition) is 2. The van der Waals surface area contributed by atoms with Gasteiger partial charge >= 0.3 is 230 Å². The molecule has 0 atom stereocenters. The Labute approximate surface area is 325 Å². The number of rotatable bonds is 6. The van der Waals surface area contributed by atoms with Crippen molar-refractivity contribution in [1.29, 1.82) is 0 Å². The monoisotopic (exact) mass is 920 g/mol. The maximum Gasteiger partial charge on any atom is 0.0160 e. The van der Waals surface area contributed by atoms with E-state index in [9.17, 15) is 0 Å². The SMILES string of the molecule is CC(C)Cc1cc(-c2[c-]c3c4cccc5c6ccccc6n(c3c(C3CCCCC3)c2)c45)nc[c]1[Ge]([CH3])([CH3])[CH3].[Ir].[c-]1ccccc1-c1ccccn1. The van der Waals surface area contributed by atoms with Gasteiger partial charge in [-0.15, -0.1) is 35.9 Å². The third kappa shape index (κ3) is 6.98. The van der Waals surface area contributed by atoms with E-state index in [1.807, 2.05) is 42.5 Å². The number of aromatic nitrogens is 3. The number of benzene rings is 4. The third-order valence-corrected chi connectivity index (χ3v) is 15.0. The topological polar surface area (TPSA) is 30.2 Å². The van der Waals surface area contributed by atoms with Gasteiger partial charge in [0.2, 0.25) is 0 Å². The van der Waals surface area contributed by atoms with Gasteiger partial charge in [-0.05, 0) is 11.8 Å². The first-order valence-corrected chi connectivity index (χ1v) is 26.1. The zero-order chi connectivity index (χ0) is 35.1. The molecule has 0 N–H and O–H groups in total. The van der Waals surface area contributed by atoms with Gasteiger partial charge in [-0.1, -0.05) is 18.2 Å². The molecule has 0 spiro atoms. The van der Waals surface area contributed by atoms with Gasteiger partial charge in [0.05, 0.1) is 0 Å². The average molecular weight is 919 g/mol. The van der Waals surface area contributed by atoms with E-state index in [0.29, 0.717) is 11.8 Å². The van der Waals surface area contributed by atoms with E-state index in [4.69, 9.17) is 4.98 Å². The van der Waals surface area contributed by atoms with Crippen molar-refractivity contribution in [3.8, 4) is 22.5 Å². The van der Waals surface area contributed by atoms with Crippen LogP contribution in [0.15, 0.2) is 109 Å². The minimum absolute atomic E-state index is 0. The first kappa shape index (κ1) is 36.5. The van der Waals surface area contributed by atoms with Crippen LogP contribution in [0, 0.1) is 18.1 Å². The summed E-state index contributed by atoms with van der Waals surface area (Å²) in [6.45, 7) is 4.67. The van der Waals surface area contributed by atoms with E-state index in [0.717, 1.165) is 23.4 Å². The number of nitrogens with zero attached hydrogens (tertiary/aromatic N) is 3. The quantitative estimate of drug-likeness (QED) is 0.123. The maximum absolute atomic E-state index is 5.14. The molecule has 8 aromatic rings. The smallest absolute Gasteiger partial charge is 0.0160 e. The molecule has 52 heavy (non-hydrogen) atoms. The van der Waals surface area contributed by atoms with E-state index >= 15 is 0 Å². The van der Waals surface area contributed by atoms with Gasteiger partial charge in [0.15, 0.2) is 0 Å². The minimum Gasteiger partial charge on any atom is -0.305 e. The molecule has 265 valence electrons. The molecule has 3 nitrogen and oxygen atoms in total. The predicted molar refractivity (Wildman–Crippen MR) is 219 cm³/mol. The maximum atomic E-state index is 5.14. The third-order valence-electron chi connectivity index (χ3n) is 10.7. The van der Waals surface area contributed by atoms with Crippen LogP contribution in [0.2, 0.25) is 17.3 Å². The predicted octanol–water partition coefficient (Wildman–Crippen LogP) is 12.0. The number of para-hydroxylation sites is 2. The summed E-state index contributed by atoms with van der Waals surface area (Å²) in [5.74, 6) is 8.68. The second kappa shape index (κ2) is 15.3. The fourth-order valence-corrected chi connectivity index (χ4v) is 11.7. The molecule has 0 unspecified atom stereocenters. The van der Waals surface area contributed by atoms with Crippen LogP contribution in [0.4, 0.5) is 0 Å². The standard InChI is InChI=1S/C36H39GeN2.C11H8N.Ir/c1-23(2)18-25-21-33(38-22-32(25)37(3,4)5)26-19-30(24-12-7-6-8-13-24)36-31(20-26)29-16-11-15-28-27-14-9-10-17-34(27)39(36)35(28)29;1-2-6-10(7-3-1)11-8-4-5-9-12-11;/h9-11,14-17,19,21-24H,6-8,12-13,18H2,1-5H3;1-6,8-9H;/q2*-1;. The Morgan fingerprint density at radius 2 is 1.50 bits per heavy atom. The Kier molecular flexibility index (Phi) is 10.7. The molecule has 0 saturated heterocycles. The minimum atomic E-state index is -2.04. The van der Waals surface area contributed by atoms with Crippen LogP contribution in [0.1, 0.15) is 63.0 Å². The molecule has 4 aromatic heterocycles. The summed E-state index contributed by atoms with van der Waals surface area (Å²) in [6, 6.07) is 41.4. The number of fused-ring (bicyclic) bond motifs is 6. The Balaban J connectivity index is 0.000000275. The number of pyridine rings is 2. The summed E-state index contributed by atoms with van der Waals surface area (Å²) in [5.41, 5.74) is 11.3. The normalized spacial score (nSPS) is 13.9. The molecule has 4 aromatic carbocycles. The van der Waals surface area contributed by atoms with Crippen molar-refractivity contribution in [2.24, 2.45) is 5.92 Å². The number of hydrogen-bond donors (Lipinski definition) is 0. The van der Waals surface area contributed by atoms with Crippen molar-refractivity contribution in [2.75, 3.05) is 0 Å². The summed E-state index contributed by atoms with van der Waals surface area (Å²) >= 11 is -2.04.